The molecule has 3 aromatic rings. The number of hydrogen-bond acceptors (Lipinski definition) is 7. The predicted molar refractivity (Wildman–Crippen MR) is 174 cm³/mol. The minimum Gasteiger partial charge on any atom is -0.503 e. The van der Waals surface area contributed by atoms with Crippen molar-refractivity contribution in [3.63, 3.8) is 0 Å². The van der Waals surface area contributed by atoms with E-state index in [2.05, 4.69) is 21.4 Å². The van der Waals surface area contributed by atoms with Gasteiger partial charge in [0.15, 0.2) is 11.5 Å². The van der Waals surface area contributed by atoms with Crippen molar-refractivity contribution < 1.29 is 29.0 Å². The van der Waals surface area contributed by atoms with Gasteiger partial charge in [0.1, 0.15) is 0 Å². The number of aryl methyl sites for hydroxylation is 1. The van der Waals surface area contributed by atoms with Crippen LogP contribution in [-0.4, -0.2) is 52.3 Å². The first-order valence-electron chi connectivity index (χ1n) is 15.5. The van der Waals surface area contributed by atoms with Crippen molar-refractivity contribution in [2.75, 3.05) is 19.1 Å². The Morgan fingerprint density at radius 1 is 0.978 bits per heavy atom. The number of phenols is 1. The van der Waals surface area contributed by atoms with Gasteiger partial charge in [-0.25, -0.2) is 0 Å². The van der Waals surface area contributed by atoms with Crippen molar-refractivity contribution in [1.82, 2.24) is 9.91 Å². The minimum absolute atomic E-state index is 0.0896. The van der Waals surface area contributed by atoms with Crippen molar-refractivity contribution >= 4 is 45.2 Å². The molecular weight excluding hydrogens is 650 g/mol. The zero-order chi connectivity index (χ0) is 32.5. The maximum absolute atomic E-state index is 15.1. The Morgan fingerprint density at radius 2 is 1.70 bits per heavy atom. The van der Waals surface area contributed by atoms with Crippen LogP contribution in [0.3, 0.4) is 0 Å². The number of fused-ring (bicyclic) bond motifs is 4. The summed E-state index contributed by atoms with van der Waals surface area (Å²) in [4.78, 5) is 58.3. The van der Waals surface area contributed by atoms with Gasteiger partial charge in [0.05, 0.1) is 40.4 Å². The summed E-state index contributed by atoms with van der Waals surface area (Å²) in [5, 5.41) is 11.9. The van der Waals surface area contributed by atoms with E-state index >= 15 is 4.79 Å². The third-order valence-corrected chi connectivity index (χ3v) is 11.0. The number of phenolic OH excluding ortho intramolecular Hbond substituents is 1. The highest BCUT2D eigenvalue weighted by Crippen LogP contribution is 2.64. The number of halogens is 1. The lowest BCUT2D eigenvalue weighted by Crippen LogP contribution is -2.53. The number of aromatic hydroxyl groups is 1. The van der Waals surface area contributed by atoms with Gasteiger partial charge in [-0.2, -0.15) is 5.01 Å². The molecule has 9 nitrogen and oxygen atoms in total. The van der Waals surface area contributed by atoms with Gasteiger partial charge in [0.2, 0.25) is 11.8 Å². The summed E-state index contributed by atoms with van der Waals surface area (Å²) in [5.74, 6) is -4.27. The van der Waals surface area contributed by atoms with Crippen LogP contribution in [0.2, 0.25) is 0 Å². The maximum atomic E-state index is 15.1. The van der Waals surface area contributed by atoms with E-state index in [9.17, 15) is 19.5 Å². The third-order valence-electron chi connectivity index (χ3n) is 10.4. The van der Waals surface area contributed by atoms with Gasteiger partial charge in [-0.05, 0) is 83.9 Å². The number of carbonyl (C=O) groups excluding carboxylic acids is 4. The number of benzene rings is 3. The summed E-state index contributed by atoms with van der Waals surface area (Å²) in [5.41, 5.74) is 5.49. The van der Waals surface area contributed by atoms with Gasteiger partial charge >= 0.3 is 0 Å². The van der Waals surface area contributed by atoms with Crippen LogP contribution in [0.15, 0.2) is 82.9 Å². The number of nitrogens with zero attached hydrogens (tertiary/aromatic N) is 2. The quantitative estimate of drug-likeness (QED) is 0.261. The lowest BCUT2D eigenvalue weighted by Gasteiger charge is -2.50. The Bertz CT molecular complexity index is 1810. The molecule has 4 amide bonds. The van der Waals surface area contributed by atoms with Gasteiger partial charge in [-0.3, -0.25) is 29.5 Å². The van der Waals surface area contributed by atoms with E-state index in [1.54, 1.807) is 19.1 Å². The molecule has 2 aliphatic heterocycles. The minimum atomic E-state index is -1.40. The second-order valence-corrected chi connectivity index (χ2v) is 13.4. The number of imide groups is 2. The molecule has 236 valence electrons. The van der Waals surface area contributed by atoms with Crippen LogP contribution >= 0.6 is 15.9 Å². The SMILES string of the molecule is CCN1C(=O)[C@H]2[C@H](CC=C3[C@H]2C[C@H]2C(=O)N(Nc4ccc(C)cc4)C(=O)[C@@]2(c2ccccc2)[C@H]3c2cc(Br)c(O)c(OC)c2)C1=O. The molecule has 0 radical (unpaired) electrons. The van der Waals surface area contributed by atoms with Gasteiger partial charge in [-0.15, -0.1) is 0 Å². The van der Waals surface area contributed by atoms with E-state index in [0.29, 0.717) is 27.7 Å². The normalized spacial score (nSPS) is 28.5. The molecule has 4 aliphatic rings. The van der Waals surface area contributed by atoms with Crippen LogP contribution in [0.1, 0.15) is 42.4 Å². The van der Waals surface area contributed by atoms with Crippen LogP contribution in [0.4, 0.5) is 5.69 Å². The number of anilines is 1. The largest absolute Gasteiger partial charge is 0.503 e. The number of nitrogens with one attached hydrogen (secondary N) is 1. The van der Waals surface area contributed by atoms with Crippen LogP contribution in [0.5, 0.6) is 11.5 Å². The van der Waals surface area contributed by atoms with Crippen molar-refractivity contribution in [3.05, 3.63) is 99.5 Å². The number of rotatable bonds is 6. The number of carbonyl (C=O) groups is 4. The number of hydrazine groups is 1. The van der Waals surface area contributed by atoms with Crippen LogP contribution in [0, 0.1) is 30.6 Å². The third kappa shape index (κ3) is 4.18. The monoisotopic (exact) mass is 683 g/mol. The Kier molecular flexibility index (Phi) is 7.31. The Balaban J connectivity index is 1.48. The average Bonchev–Trinajstić information content (AvgIpc) is 3.44. The molecule has 2 aliphatic carbocycles. The summed E-state index contributed by atoms with van der Waals surface area (Å²) < 4.78 is 5.92. The molecule has 0 bridgehead atoms. The van der Waals surface area contributed by atoms with Crippen molar-refractivity contribution in [1.29, 1.82) is 0 Å². The van der Waals surface area contributed by atoms with E-state index < -0.39 is 46.8 Å². The van der Waals surface area contributed by atoms with Crippen LogP contribution in [-0.2, 0) is 24.6 Å². The molecule has 10 heteroatoms. The van der Waals surface area contributed by atoms with E-state index in [0.717, 1.165) is 16.1 Å². The van der Waals surface area contributed by atoms with Crippen molar-refractivity contribution in [2.24, 2.45) is 23.7 Å². The highest BCUT2D eigenvalue weighted by molar-refractivity contribution is 9.10. The Labute approximate surface area is 275 Å². The van der Waals surface area contributed by atoms with E-state index in [1.807, 2.05) is 67.6 Å². The second kappa shape index (κ2) is 11.1. The number of methoxy groups -OCH3 is 1. The topological polar surface area (TPSA) is 116 Å². The molecule has 2 heterocycles. The summed E-state index contributed by atoms with van der Waals surface area (Å²) in [6.07, 6.45) is 2.60. The van der Waals surface area contributed by atoms with E-state index in [1.165, 1.54) is 12.0 Å². The molecule has 0 aromatic heterocycles. The Morgan fingerprint density at radius 3 is 2.37 bits per heavy atom. The zero-order valence-corrected chi connectivity index (χ0v) is 27.3. The molecule has 0 spiro atoms. The van der Waals surface area contributed by atoms with E-state index in [4.69, 9.17) is 4.74 Å². The second-order valence-electron chi connectivity index (χ2n) is 12.6. The molecule has 0 unspecified atom stereocenters. The number of likely N-dealkylation sites (tertiary alicyclic amines) is 1. The van der Waals surface area contributed by atoms with Crippen molar-refractivity contribution in [3.8, 4) is 11.5 Å². The van der Waals surface area contributed by atoms with Gasteiger partial charge in [0.25, 0.3) is 11.8 Å². The molecule has 2 saturated heterocycles. The zero-order valence-electron chi connectivity index (χ0n) is 25.7. The molecule has 3 aromatic carbocycles. The first-order valence-corrected chi connectivity index (χ1v) is 16.3. The fraction of sp³-hybridized carbons (Fsp3) is 0.333. The fourth-order valence-corrected chi connectivity index (χ4v) is 8.87. The summed E-state index contributed by atoms with van der Waals surface area (Å²) in [6.45, 7) is 4.03. The molecule has 3 fully saturated rings. The number of amides is 4. The molecule has 6 atom stereocenters. The highest BCUT2D eigenvalue weighted by atomic mass is 79.9. The first-order chi connectivity index (χ1) is 22.1. The molecule has 7 rings (SSSR count). The summed E-state index contributed by atoms with van der Waals surface area (Å²) in [6, 6.07) is 20.2. The van der Waals surface area contributed by atoms with Gasteiger partial charge in [-0.1, -0.05) is 59.7 Å². The highest BCUT2D eigenvalue weighted by Gasteiger charge is 2.70. The van der Waals surface area contributed by atoms with Crippen molar-refractivity contribution in [2.45, 2.75) is 38.0 Å². The molecule has 46 heavy (non-hydrogen) atoms. The maximum Gasteiger partial charge on any atom is 0.260 e. The van der Waals surface area contributed by atoms with Crippen LogP contribution in [0.25, 0.3) is 0 Å². The predicted octanol–water partition coefficient (Wildman–Crippen LogP) is 5.48. The standard InChI is InChI=1S/C36H34BrN3O6/c1-4-39-32(42)24-15-14-23-25(29(24)34(39)44)18-26-33(43)40(38-22-12-10-19(2)11-13-22)35(45)36(26,21-8-6-5-7-9-21)30(23)20-16-27(37)31(41)28(17-20)46-3/h5-14,16-17,24-26,29-30,38,41H,4,15,18H2,1-3H3/t24-,25+,26-,29-,30-,36+/m0/s1. The number of hydrogen-bond donors (Lipinski definition) is 2. The smallest absolute Gasteiger partial charge is 0.260 e. The molecule has 2 N–H and O–H groups in total. The summed E-state index contributed by atoms with van der Waals surface area (Å²) >= 11 is 3.48. The lowest BCUT2D eigenvalue weighted by molar-refractivity contribution is -0.141. The average molecular weight is 685 g/mol. The van der Waals surface area contributed by atoms with E-state index in [-0.39, 0.29) is 36.3 Å². The summed E-state index contributed by atoms with van der Waals surface area (Å²) in [7, 11) is 1.45. The molecular formula is C36H34BrN3O6. The number of allylic oxidation sites excluding steroid dienone is 2. The van der Waals surface area contributed by atoms with Gasteiger partial charge in [0, 0.05) is 12.5 Å². The Hall–Kier alpha value is -4.44. The first kappa shape index (κ1) is 30.2. The molecule has 1 saturated carbocycles. The number of ether oxygens (including phenoxy) is 1. The van der Waals surface area contributed by atoms with Crippen LogP contribution < -0.4 is 10.2 Å². The fourth-order valence-electron chi connectivity index (χ4n) is 8.42. The lowest BCUT2D eigenvalue weighted by atomic mass is 9.49. The van der Waals surface area contributed by atoms with Gasteiger partial charge < -0.3 is 9.84 Å².